The van der Waals surface area contributed by atoms with Gasteiger partial charge in [0.25, 0.3) is 0 Å². The topological polar surface area (TPSA) is 85.9 Å². The number of methoxy groups -OCH3 is 3. The first-order chi connectivity index (χ1) is 13.9. The molecule has 1 aliphatic carbocycles. The molecule has 1 aliphatic rings. The Morgan fingerprint density at radius 1 is 0.966 bits per heavy atom. The van der Waals surface area contributed by atoms with Gasteiger partial charge in [-0.05, 0) is 25.3 Å². The van der Waals surface area contributed by atoms with Crippen LogP contribution in [0.2, 0.25) is 0 Å². The van der Waals surface area contributed by atoms with Crippen LogP contribution in [-0.4, -0.2) is 33.1 Å². The highest BCUT2D eigenvalue weighted by Gasteiger charge is 2.56. The second kappa shape index (κ2) is 8.43. The molecule has 1 fully saturated rings. The zero-order valence-corrected chi connectivity index (χ0v) is 17.1. The Balaban J connectivity index is 1.70. The van der Waals surface area contributed by atoms with Crippen molar-refractivity contribution in [1.82, 2.24) is 5.32 Å². The molecule has 1 saturated carbocycles. The number of hydrogen-bond acceptors (Lipinski definition) is 5. The molecular formula is C22H26N2O5. The zero-order valence-electron chi connectivity index (χ0n) is 17.1. The minimum atomic E-state index is -1.04. The van der Waals surface area contributed by atoms with Gasteiger partial charge in [0.1, 0.15) is 5.41 Å². The summed E-state index contributed by atoms with van der Waals surface area (Å²) in [6.45, 7) is 2.39. The number of carbonyl (C=O) groups excluding carboxylic acids is 2. The molecule has 2 amide bonds. The molecule has 0 atom stereocenters. The van der Waals surface area contributed by atoms with Crippen LogP contribution in [0.3, 0.4) is 0 Å². The highest BCUT2D eigenvalue weighted by Crippen LogP contribution is 2.47. The molecule has 0 bridgehead atoms. The molecule has 0 aliphatic heterocycles. The van der Waals surface area contributed by atoms with E-state index in [0.717, 1.165) is 11.1 Å². The lowest BCUT2D eigenvalue weighted by Gasteiger charge is -2.18. The largest absolute Gasteiger partial charge is 0.493 e. The molecular weight excluding hydrogens is 372 g/mol. The van der Waals surface area contributed by atoms with E-state index in [9.17, 15) is 9.59 Å². The van der Waals surface area contributed by atoms with Crippen LogP contribution in [0.25, 0.3) is 0 Å². The number of carbonyl (C=O) groups is 2. The standard InChI is InChI=1S/C22H26N2O5/c1-14-6-5-7-15(10-14)13-23-20(25)22(8-9-22)21(26)24-16-11-17(27-2)19(29-4)18(12-16)28-3/h5-7,10-12H,8-9,13H2,1-4H3,(H,23,25)(H,24,26). The average Bonchev–Trinajstić information content (AvgIpc) is 3.53. The summed E-state index contributed by atoms with van der Waals surface area (Å²) in [5.74, 6) is 0.689. The predicted octanol–water partition coefficient (Wildman–Crippen LogP) is 3.06. The number of nitrogens with one attached hydrogen (secondary N) is 2. The van der Waals surface area contributed by atoms with E-state index >= 15 is 0 Å². The Hall–Kier alpha value is -3.22. The van der Waals surface area contributed by atoms with Gasteiger partial charge in [0, 0.05) is 24.4 Å². The number of ether oxygens (including phenoxy) is 3. The summed E-state index contributed by atoms with van der Waals surface area (Å²) in [7, 11) is 4.52. The van der Waals surface area contributed by atoms with Crippen LogP contribution in [0.4, 0.5) is 5.69 Å². The van der Waals surface area contributed by atoms with Gasteiger partial charge in [0.15, 0.2) is 11.5 Å². The fourth-order valence-corrected chi connectivity index (χ4v) is 3.26. The van der Waals surface area contributed by atoms with Gasteiger partial charge in [0.05, 0.1) is 21.3 Å². The lowest BCUT2D eigenvalue weighted by atomic mass is 10.0. The first kappa shape index (κ1) is 20.5. The number of rotatable bonds is 8. The average molecular weight is 398 g/mol. The van der Waals surface area contributed by atoms with Gasteiger partial charge in [-0.3, -0.25) is 9.59 Å². The summed E-state index contributed by atoms with van der Waals surface area (Å²) >= 11 is 0. The maximum atomic E-state index is 12.9. The van der Waals surface area contributed by atoms with Gasteiger partial charge in [-0.1, -0.05) is 29.8 Å². The van der Waals surface area contributed by atoms with Crippen molar-refractivity contribution in [2.75, 3.05) is 26.6 Å². The van der Waals surface area contributed by atoms with Crippen molar-refractivity contribution in [2.45, 2.75) is 26.3 Å². The molecule has 7 nitrogen and oxygen atoms in total. The first-order valence-corrected chi connectivity index (χ1v) is 9.39. The van der Waals surface area contributed by atoms with Gasteiger partial charge in [-0.15, -0.1) is 0 Å². The van der Waals surface area contributed by atoms with E-state index in [0.29, 0.717) is 42.3 Å². The molecule has 0 spiro atoms. The monoisotopic (exact) mass is 398 g/mol. The Kier molecular flexibility index (Phi) is 5.96. The molecule has 154 valence electrons. The van der Waals surface area contributed by atoms with Crippen LogP contribution in [0.5, 0.6) is 17.2 Å². The fraction of sp³-hybridized carbons (Fsp3) is 0.364. The SMILES string of the molecule is COc1cc(NC(=O)C2(C(=O)NCc3cccc(C)c3)CC2)cc(OC)c1OC. The van der Waals surface area contributed by atoms with Crippen molar-refractivity contribution in [3.63, 3.8) is 0 Å². The minimum absolute atomic E-state index is 0.260. The minimum Gasteiger partial charge on any atom is -0.493 e. The van der Waals surface area contributed by atoms with E-state index in [2.05, 4.69) is 10.6 Å². The maximum absolute atomic E-state index is 12.9. The second-order valence-electron chi connectivity index (χ2n) is 7.12. The Morgan fingerprint density at radius 2 is 1.62 bits per heavy atom. The highest BCUT2D eigenvalue weighted by molar-refractivity contribution is 6.13. The van der Waals surface area contributed by atoms with Gasteiger partial charge >= 0.3 is 0 Å². The van der Waals surface area contributed by atoms with Crippen LogP contribution in [0.15, 0.2) is 36.4 Å². The Labute approximate surface area is 170 Å². The lowest BCUT2D eigenvalue weighted by Crippen LogP contribution is -2.39. The summed E-state index contributed by atoms with van der Waals surface area (Å²) in [6, 6.07) is 11.2. The predicted molar refractivity (Wildman–Crippen MR) is 109 cm³/mol. The Morgan fingerprint density at radius 3 is 2.14 bits per heavy atom. The molecule has 3 rings (SSSR count). The van der Waals surface area contributed by atoms with Crippen molar-refractivity contribution in [3.05, 3.63) is 47.5 Å². The lowest BCUT2D eigenvalue weighted by molar-refractivity contribution is -0.134. The molecule has 2 aromatic carbocycles. The van der Waals surface area contributed by atoms with Gasteiger partial charge in [-0.2, -0.15) is 0 Å². The van der Waals surface area contributed by atoms with E-state index < -0.39 is 5.41 Å². The third-order valence-corrected chi connectivity index (χ3v) is 5.08. The number of anilines is 1. The molecule has 0 saturated heterocycles. The van der Waals surface area contributed by atoms with Crippen LogP contribution in [-0.2, 0) is 16.1 Å². The van der Waals surface area contributed by atoms with E-state index in [-0.39, 0.29) is 11.8 Å². The van der Waals surface area contributed by atoms with Crippen molar-refractivity contribution in [2.24, 2.45) is 5.41 Å². The summed E-state index contributed by atoms with van der Waals surface area (Å²) in [6.07, 6.45) is 1.03. The van der Waals surface area contributed by atoms with E-state index in [1.807, 2.05) is 31.2 Å². The van der Waals surface area contributed by atoms with Crippen molar-refractivity contribution < 1.29 is 23.8 Å². The molecule has 0 unspecified atom stereocenters. The third kappa shape index (κ3) is 4.29. The number of amides is 2. The van der Waals surface area contributed by atoms with Gasteiger partial charge < -0.3 is 24.8 Å². The molecule has 0 aromatic heterocycles. The quantitative estimate of drug-likeness (QED) is 0.668. The molecule has 2 aromatic rings. The summed E-state index contributed by atoms with van der Waals surface area (Å²) < 4.78 is 15.9. The number of hydrogen-bond donors (Lipinski definition) is 2. The second-order valence-corrected chi connectivity index (χ2v) is 7.12. The Bertz CT molecular complexity index is 896. The van der Waals surface area contributed by atoms with E-state index in [1.165, 1.54) is 21.3 Å². The highest BCUT2D eigenvalue weighted by atomic mass is 16.5. The third-order valence-electron chi connectivity index (χ3n) is 5.08. The van der Waals surface area contributed by atoms with Crippen LogP contribution < -0.4 is 24.8 Å². The summed E-state index contributed by atoms with van der Waals surface area (Å²) in [5, 5.41) is 5.71. The van der Waals surface area contributed by atoms with Crippen molar-refractivity contribution in [1.29, 1.82) is 0 Å². The van der Waals surface area contributed by atoms with Gasteiger partial charge in [-0.25, -0.2) is 0 Å². The summed E-state index contributed by atoms with van der Waals surface area (Å²) in [4.78, 5) is 25.6. The molecule has 0 heterocycles. The van der Waals surface area contributed by atoms with Crippen LogP contribution in [0, 0.1) is 12.3 Å². The fourth-order valence-electron chi connectivity index (χ4n) is 3.26. The van der Waals surface area contributed by atoms with Gasteiger partial charge in [0.2, 0.25) is 17.6 Å². The van der Waals surface area contributed by atoms with Crippen molar-refractivity contribution in [3.8, 4) is 17.2 Å². The summed E-state index contributed by atoms with van der Waals surface area (Å²) in [5.41, 5.74) is 1.56. The zero-order chi connectivity index (χ0) is 21.0. The smallest absolute Gasteiger partial charge is 0.240 e. The van der Waals surface area contributed by atoms with Crippen LogP contribution in [0.1, 0.15) is 24.0 Å². The number of benzene rings is 2. The van der Waals surface area contributed by atoms with E-state index in [1.54, 1.807) is 12.1 Å². The first-order valence-electron chi connectivity index (χ1n) is 9.39. The molecule has 29 heavy (non-hydrogen) atoms. The van der Waals surface area contributed by atoms with Crippen molar-refractivity contribution >= 4 is 17.5 Å². The molecule has 2 N–H and O–H groups in total. The van der Waals surface area contributed by atoms with Crippen LogP contribution >= 0.6 is 0 Å². The molecule has 7 heteroatoms. The maximum Gasteiger partial charge on any atom is 0.240 e. The van der Waals surface area contributed by atoms with E-state index in [4.69, 9.17) is 14.2 Å². The normalized spacial score (nSPS) is 13.9. The number of aryl methyl sites for hydroxylation is 1. The molecule has 0 radical (unpaired) electrons.